The third-order valence-corrected chi connectivity index (χ3v) is 4.98. The average molecular weight is 325 g/mol. The van der Waals surface area contributed by atoms with Gasteiger partial charge in [-0.1, -0.05) is 27.2 Å². The van der Waals surface area contributed by atoms with Gasteiger partial charge in [0.25, 0.3) is 0 Å². The minimum absolute atomic E-state index is 0.461. The second kappa shape index (κ2) is 6.36. The molecule has 1 aromatic rings. The molecule has 1 saturated carbocycles. The lowest BCUT2D eigenvalue weighted by atomic mass is 9.76. The van der Waals surface area contributed by atoms with Crippen molar-refractivity contribution in [2.24, 2.45) is 11.3 Å². The van der Waals surface area contributed by atoms with Crippen LogP contribution in [0.25, 0.3) is 0 Å². The number of aromatic nitrogens is 1. The van der Waals surface area contributed by atoms with E-state index in [2.05, 4.69) is 59.1 Å². The highest BCUT2D eigenvalue weighted by Crippen LogP contribution is 2.44. The lowest BCUT2D eigenvalue weighted by molar-refractivity contribution is 0.196. The number of likely N-dealkylation sites (N-methyl/N-ethyl adjacent to an activating group) is 1. The van der Waals surface area contributed by atoms with Crippen LogP contribution < -0.4 is 5.32 Å². The molecule has 2 nitrogen and oxygen atoms in total. The molecule has 0 spiro atoms. The van der Waals surface area contributed by atoms with E-state index in [0.29, 0.717) is 11.5 Å². The normalized spacial score (nSPS) is 23.5. The van der Waals surface area contributed by atoms with Crippen molar-refractivity contribution in [1.29, 1.82) is 0 Å². The van der Waals surface area contributed by atoms with Crippen LogP contribution in [0.3, 0.4) is 0 Å². The van der Waals surface area contributed by atoms with Crippen molar-refractivity contribution in [3.63, 3.8) is 0 Å². The van der Waals surface area contributed by atoms with Gasteiger partial charge in [-0.2, -0.15) is 0 Å². The van der Waals surface area contributed by atoms with Gasteiger partial charge in [-0.15, -0.1) is 0 Å². The van der Waals surface area contributed by atoms with Crippen molar-refractivity contribution in [2.45, 2.75) is 52.5 Å². The third kappa shape index (κ3) is 3.79. The highest BCUT2D eigenvalue weighted by Gasteiger charge is 2.39. The molecule has 1 aliphatic carbocycles. The summed E-state index contributed by atoms with van der Waals surface area (Å²) in [5.41, 5.74) is 1.65. The zero-order chi connectivity index (χ0) is 13.9. The lowest BCUT2D eigenvalue weighted by Crippen LogP contribution is -2.42. The molecule has 2 rings (SSSR count). The maximum absolute atomic E-state index is 4.53. The van der Waals surface area contributed by atoms with Gasteiger partial charge >= 0.3 is 0 Å². The molecule has 0 radical (unpaired) electrons. The first-order chi connectivity index (χ1) is 9.03. The second-order valence-electron chi connectivity index (χ2n) is 6.32. The zero-order valence-electron chi connectivity index (χ0n) is 12.2. The molecule has 2 unspecified atom stereocenters. The van der Waals surface area contributed by atoms with Crippen LogP contribution in [0.5, 0.6) is 0 Å². The van der Waals surface area contributed by atoms with Crippen molar-refractivity contribution >= 4 is 15.9 Å². The van der Waals surface area contributed by atoms with E-state index in [0.717, 1.165) is 23.4 Å². The summed E-state index contributed by atoms with van der Waals surface area (Å²) >= 11 is 3.45. The molecular weight excluding hydrogens is 300 g/mol. The summed E-state index contributed by atoms with van der Waals surface area (Å²) in [4.78, 5) is 4.53. The Morgan fingerprint density at radius 3 is 2.79 bits per heavy atom. The minimum atomic E-state index is 0.461. The Kier molecular flexibility index (Phi) is 5.02. The largest absolute Gasteiger partial charge is 0.314 e. The van der Waals surface area contributed by atoms with Gasteiger partial charge in [0.2, 0.25) is 0 Å². The molecule has 1 fully saturated rings. The summed E-state index contributed by atoms with van der Waals surface area (Å²) in [5.74, 6) is 0.762. The molecule has 1 heterocycles. The third-order valence-electron chi connectivity index (χ3n) is 4.51. The summed E-state index contributed by atoms with van der Waals surface area (Å²) in [6.45, 7) is 8.08. The fourth-order valence-corrected chi connectivity index (χ4v) is 3.71. The van der Waals surface area contributed by atoms with Gasteiger partial charge in [-0.05, 0) is 58.8 Å². The van der Waals surface area contributed by atoms with Gasteiger partial charge in [0.05, 0.1) is 0 Å². The van der Waals surface area contributed by atoms with E-state index >= 15 is 0 Å². The van der Waals surface area contributed by atoms with Crippen LogP contribution in [-0.4, -0.2) is 17.6 Å². The van der Waals surface area contributed by atoms with Crippen LogP contribution in [0.4, 0.5) is 0 Å². The molecule has 106 valence electrons. The van der Waals surface area contributed by atoms with E-state index < -0.39 is 0 Å². The molecule has 0 aliphatic heterocycles. The average Bonchev–Trinajstić information content (AvgIpc) is 2.71. The van der Waals surface area contributed by atoms with Crippen LogP contribution >= 0.6 is 15.9 Å². The molecule has 1 aromatic heterocycles. The molecule has 0 aromatic carbocycles. The van der Waals surface area contributed by atoms with E-state index in [4.69, 9.17) is 0 Å². The van der Waals surface area contributed by atoms with Gasteiger partial charge in [0.15, 0.2) is 0 Å². The Bertz CT molecular complexity index is 400. The van der Waals surface area contributed by atoms with E-state index in [1.54, 1.807) is 0 Å². The van der Waals surface area contributed by atoms with Crippen LogP contribution in [0.2, 0.25) is 0 Å². The lowest BCUT2D eigenvalue weighted by Gasteiger charge is -2.34. The number of rotatable bonds is 5. The highest BCUT2D eigenvalue weighted by molar-refractivity contribution is 9.10. The second-order valence-corrected chi connectivity index (χ2v) is 7.24. The van der Waals surface area contributed by atoms with Gasteiger partial charge in [0, 0.05) is 28.8 Å². The first-order valence-corrected chi connectivity index (χ1v) is 8.16. The van der Waals surface area contributed by atoms with Crippen LogP contribution in [0, 0.1) is 11.3 Å². The van der Waals surface area contributed by atoms with Crippen LogP contribution in [-0.2, 0) is 6.42 Å². The molecule has 0 amide bonds. The van der Waals surface area contributed by atoms with E-state index in [1.807, 2.05) is 6.20 Å². The smallest absolute Gasteiger partial charge is 0.0420 e. The van der Waals surface area contributed by atoms with Crippen LogP contribution in [0.1, 0.15) is 45.7 Å². The standard InChI is InChI=1S/C16H25BrN2/c1-4-18-15(14-6-5-9-16(14,2)3)10-13-8-7-12(17)11-19-13/h7-8,11,14-15,18H,4-6,9-10H2,1-3H3. The molecule has 1 N–H and O–H groups in total. The topological polar surface area (TPSA) is 24.9 Å². The molecule has 3 heteroatoms. The van der Waals surface area contributed by atoms with Crippen molar-refractivity contribution in [1.82, 2.24) is 10.3 Å². The number of halogens is 1. The van der Waals surface area contributed by atoms with Crippen molar-refractivity contribution < 1.29 is 0 Å². The van der Waals surface area contributed by atoms with E-state index in [-0.39, 0.29) is 0 Å². The maximum atomic E-state index is 4.53. The Balaban J connectivity index is 2.09. The highest BCUT2D eigenvalue weighted by atomic mass is 79.9. The number of nitrogens with one attached hydrogen (secondary N) is 1. The first kappa shape index (κ1) is 15.0. The minimum Gasteiger partial charge on any atom is -0.314 e. The Hall–Kier alpha value is -0.410. The molecular formula is C16H25BrN2. The number of hydrogen-bond donors (Lipinski definition) is 1. The summed E-state index contributed by atoms with van der Waals surface area (Å²) in [5, 5.41) is 3.69. The van der Waals surface area contributed by atoms with Gasteiger partial charge in [-0.25, -0.2) is 0 Å². The number of nitrogens with zero attached hydrogens (tertiary/aromatic N) is 1. The molecule has 1 aliphatic rings. The fraction of sp³-hybridized carbons (Fsp3) is 0.688. The van der Waals surface area contributed by atoms with Crippen molar-refractivity contribution in [3.8, 4) is 0 Å². The maximum Gasteiger partial charge on any atom is 0.0420 e. The Morgan fingerprint density at radius 2 is 2.26 bits per heavy atom. The van der Waals surface area contributed by atoms with Crippen molar-refractivity contribution in [2.75, 3.05) is 6.54 Å². The predicted octanol–water partition coefficient (Wildman–Crippen LogP) is 4.19. The van der Waals surface area contributed by atoms with E-state index in [9.17, 15) is 0 Å². The molecule has 0 saturated heterocycles. The number of pyridine rings is 1. The van der Waals surface area contributed by atoms with Crippen molar-refractivity contribution in [3.05, 3.63) is 28.5 Å². The van der Waals surface area contributed by atoms with E-state index in [1.165, 1.54) is 25.0 Å². The molecule has 19 heavy (non-hydrogen) atoms. The monoisotopic (exact) mass is 324 g/mol. The zero-order valence-corrected chi connectivity index (χ0v) is 13.8. The molecule has 0 bridgehead atoms. The first-order valence-electron chi connectivity index (χ1n) is 7.37. The predicted molar refractivity (Wildman–Crippen MR) is 84.2 cm³/mol. The van der Waals surface area contributed by atoms with Crippen LogP contribution in [0.15, 0.2) is 22.8 Å². The summed E-state index contributed by atoms with van der Waals surface area (Å²) in [6, 6.07) is 4.78. The summed E-state index contributed by atoms with van der Waals surface area (Å²) in [6.07, 6.45) is 7.01. The summed E-state index contributed by atoms with van der Waals surface area (Å²) < 4.78 is 1.05. The quantitative estimate of drug-likeness (QED) is 0.878. The SMILES string of the molecule is CCNC(Cc1ccc(Br)cn1)C1CCCC1(C)C. The Morgan fingerprint density at radius 1 is 1.47 bits per heavy atom. The van der Waals surface area contributed by atoms with Gasteiger partial charge in [-0.3, -0.25) is 4.98 Å². The Labute approximate surface area is 125 Å². The molecule has 2 atom stereocenters. The van der Waals surface area contributed by atoms with Gasteiger partial charge < -0.3 is 5.32 Å². The van der Waals surface area contributed by atoms with Gasteiger partial charge in [0.1, 0.15) is 0 Å². The number of hydrogen-bond acceptors (Lipinski definition) is 2. The fourth-order valence-electron chi connectivity index (χ4n) is 3.47. The summed E-state index contributed by atoms with van der Waals surface area (Å²) in [7, 11) is 0.